The Hall–Kier alpha value is -3.07. The molecule has 3 N–H and O–H groups in total. The molecule has 0 bridgehead atoms. The molecule has 8 nitrogen and oxygen atoms in total. The average molecular weight is 378 g/mol. The van der Waals surface area contributed by atoms with Gasteiger partial charge in [-0.15, -0.1) is 11.3 Å². The lowest BCUT2D eigenvalue weighted by Gasteiger charge is -2.15. The molecule has 2 rings (SSSR count). The number of esters is 1. The van der Waals surface area contributed by atoms with Gasteiger partial charge in [0.05, 0.1) is 19.8 Å². The predicted molar refractivity (Wildman–Crippen MR) is 95.9 cm³/mol. The number of hydrogen-bond acceptors (Lipinski definition) is 7. The molecule has 1 heterocycles. The molecule has 0 aliphatic heterocycles. The maximum Gasteiger partial charge on any atom is 0.342 e. The largest absolute Gasteiger partial charge is 0.493 e. The molecule has 26 heavy (non-hydrogen) atoms. The second-order valence-corrected chi connectivity index (χ2v) is 6.02. The highest BCUT2D eigenvalue weighted by atomic mass is 32.1. The van der Waals surface area contributed by atoms with Gasteiger partial charge in [0, 0.05) is 0 Å². The third-order valence-electron chi connectivity index (χ3n) is 3.44. The van der Waals surface area contributed by atoms with Crippen molar-refractivity contribution in [2.75, 3.05) is 19.5 Å². The molecule has 0 saturated heterocycles. The van der Waals surface area contributed by atoms with Crippen molar-refractivity contribution in [2.45, 2.75) is 13.0 Å². The zero-order valence-electron chi connectivity index (χ0n) is 14.4. The van der Waals surface area contributed by atoms with Crippen LogP contribution in [0.1, 0.15) is 27.6 Å². The van der Waals surface area contributed by atoms with Gasteiger partial charge in [-0.2, -0.15) is 0 Å². The fourth-order valence-electron chi connectivity index (χ4n) is 2.14. The van der Waals surface area contributed by atoms with Gasteiger partial charge in [-0.25, -0.2) is 4.79 Å². The SMILES string of the molecule is COc1cccc(C(=O)OC(C)C(=O)Nc2sccc2C(N)=O)c1OC. The summed E-state index contributed by atoms with van der Waals surface area (Å²) in [5.41, 5.74) is 5.55. The van der Waals surface area contributed by atoms with Gasteiger partial charge >= 0.3 is 5.97 Å². The molecule has 1 aromatic carbocycles. The molecule has 0 fully saturated rings. The minimum absolute atomic E-state index is 0.125. The Morgan fingerprint density at radius 2 is 1.85 bits per heavy atom. The lowest BCUT2D eigenvalue weighted by atomic mass is 10.2. The van der Waals surface area contributed by atoms with Crippen LogP contribution in [0.5, 0.6) is 11.5 Å². The normalized spacial score (nSPS) is 11.3. The van der Waals surface area contributed by atoms with Gasteiger partial charge in [-0.3, -0.25) is 9.59 Å². The standard InChI is InChI=1S/C17H18N2O6S/c1-9(15(21)19-16-11(14(18)20)7-8-26-16)25-17(22)10-5-4-6-12(23-2)13(10)24-3/h4-9H,1-3H3,(H2,18,20)(H,19,21). The number of hydrogen-bond donors (Lipinski definition) is 2. The van der Waals surface area contributed by atoms with E-state index in [1.807, 2.05) is 0 Å². The van der Waals surface area contributed by atoms with E-state index in [9.17, 15) is 14.4 Å². The fraction of sp³-hybridized carbons (Fsp3) is 0.235. The Kier molecular flexibility index (Phi) is 6.18. The molecule has 1 aromatic heterocycles. The second-order valence-electron chi connectivity index (χ2n) is 5.11. The second kappa shape index (κ2) is 8.34. The summed E-state index contributed by atoms with van der Waals surface area (Å²) in [7, 11) is 2.84. The number of carbonyl (C=O) groups excluding carboxylic acids is 3. The van der Waals surface area contributed by atoms with E-state index in [2.05, 4.69) is 5.32 Å². The van der Waals surface area contributed by atoms with E-state index < -0.39 is 23.9 Å². The molecule has 138 valence electrons. The number of benzene rings is 1. The van der Waals surface area contributed by atoms with Crippen molar-refractivity contribution in [3.63, 3.8) is 0 Å². The molecule has 9 heteroatoms. The first-order valence-corrected chi connectivity index (χ1v) is 8.37. The van der Waals surface area contributed by atoms with Crippen LogP contribution in [0.3, 0.4) is 0 Å². The van der Waals surface area contributed by atoms with Crippen LogP contribution in [0.2, 0.25) is 0 Å². The van der Waals surface area contributed by atoms with Crippen molar-refractivity contribution in [2.24, 2.45) is 5.73 Å². The van der Waals surface area contributed by atoms with E-state index in [0.717, 1.165) is 11.3 Å². The number of para-hydroxylation sites is 1. The smallest absolute Gasteiger partial charge is 0.342 e. The van der Waals surface area contributed by atoms with Crippen LogP contribution in [0.15, 0.2) is 29.6 Å². The average Bonchev–Trinajstić information content (AvgIpc) is 3.08. The zero-order valence-corrected chi connectivity index (χ0v) is 15.2. The van der Waals surface area contributed by atoms with Gasteiger partial charge in [0.25, 0.3) is 11.8 Å². The number of rotatable bonds is 7. The van der Waals surface area contributed by atoms with E-state index in [0.29, 0.717) is 10.8 Å². The van der Waals surface area contributed by atoms with Crippen molar-refractivity contribution in [3.05, 3.63) is 40.8 Å². The van der Waals surface area contributed by atoms with Crippen LogP contribution >= 0.6 is 11.3 Å². The lowest BCUT2D eigenvalue weighted by molar-refractivity contribution is -0.123. The number of nitrogens with one attached hydrogen (secondary N) is 1. The summed E-state index contributed by atoms with van der Waals surface area (Å²) in [6, 6.07) is 6.24. The van der Waals surface area contributed by atoms with E-state index in [1.165, 1.54) is 33.3 Å². The third kappa shape index (κ3) is 4.12. The zero-order chi connectivity index (χ0) is 19.3. The molecule has 0 aliphatic rings. The molecule has 0 aliphatic carbocycles. The van der Waals surface area contributed by atoms with Gasteiger partial charge in [0.15, 0.2) is 17.6 Å². The Bertz CT molecular complexity index is 832. The Morgan fingerprint density at radius 1 is 1.12 bits per heavy atom. The number of methoxy groups -OCH3 is 2. The highest BCUT2D eigenvalue weighted by molar-refractivity contribution is 7.14. The topological polar surface area (TPSA) is 117 Å². The molecule has 1 unspecified atom stereocenters. The molecular weight excluding hydrogens is 360 g/mol. The molecule has 2 aromatic rings. The first kappa shape index (κ1) is 19.3. The van der Waals surface area contributed by atoms with E-state index >= 15 is 0 Å². The number of amides is 2. The van der Waals surface area contributed by atoms with Crippen molar-refractivity contribution in [1.29, 1.82) is 0 Å². The van der Waals surface area contributed by atoms with E-state index in [1.54, 1.807) is 17.5 Å². The Balaban J connectivity index is 2.10. The van der Waals surface area contributed by atoms with Crippen LogP contribution in [0.4, 0.5) is 5.00 Å². The van der Waals surface area contributed by atoms with Crippen molar-refractivity contribution in [1.82, 2.24) is 0 Å². The number of primary amides is 1. The first-order chi connectivity index (χ1) is 12.4. The van der Waals surface area contributed by atoms with Crippen LogP contribution in [-0.4, -0.2) is 38.1 Å². The van der Waals surface area contributed by atoms with Crippen molar-refractivity contribution in [3.8, 4) is 11.5 Å². The Morgan fingerprint density at radius 3 is 2.46 bits per heavy atom. The van der Waals surface area contributed by atoms with Crippen LogP contribution in [0, 0.1) is 0 Å². The summed E-state index contributed by atoms with van der Waals surface area (Å²) >= 11 is 1.14. The molecule has 0 spiro atoms. The minimum atomic E-state index is -1.11. The number of thiophene rings is 1. The van der Waals surface area contributed by atoms with Gasteiger partial charge < -0.3 is 25.3 Å². The summed E-state index contributed by atoms with van der Waals surface area (Å²) in [6.07, 6.45) is -1.11. The number of anilines is 1. The van der Waals surface area contributed by atoms with Crippen molar-refractivity contribution < 1.29 is 28.6 Å². The van der Waals surface area contributed by atoms with Gasteiger partial charge in [-0.1, -0.05) is 6.07 Å². The third-order valence-corrected chi connectivity index (χ3v) is 4.27. The summed E-state index contributed by atoms with van der Waals surface area (Å²) in [5, 5.41) is 4.44. The van der Waals surface area contributed by atoms with Crippen LogP contribution < -0.4 is 20.5 Å². The molecular formula is C17H18N2O6S. The quantitative estimate of drug-likeness (QED) is 0.712. The Labute approximate surface area is 153 Å². The molecule has 0 saturated carbocycles. The van der Waals surface area contributed by atoms with Gasteiger partial charge in [-0.05, 0) is 30.5 Å². The summed E-state index contributed by atoms with van der Waals surface area (Å²) in [6.45, 7) is 1.41. The highest BCUT2D eigenvalue weighted by Crippen LogP contribution is 2.31. The summed E-state index contributed by atoms with van der Waals surface area (Å²) in [5.74, 6) is -1.42. The van der Waals surface area contributed by atoms with Crippen LogP contribution in [0.25, 0.3) is 0 Å². The highest BCUT2D eigenvalue weighted by Gasteiger charge is 2.24. The summed E-state index contributed by atoms with van der Waals surface area (Å²) < 4.78 is 15.5. The number of nitrogens with two attached hydrogens (primary N) is 1. The van der Waals surface area contributed by atoms with Crippen molar-refractivity contribution >= 4 is 34.1 Å². The van der Waals surface area contributed by atoms with E-state index in [4.69, 9.17) is 19.9 Å². The fourth-order valence-corrected chi connectivity index (χ4v) is 2.93. The predicted octanol–water partition coefficient (Wildman–Crippen LogP) is 2.05. The number of carbonyl (C=O) groups is 3. The molecule has 1 atom stereocenters. The maximum atomic E-state index is 12.4. The summed E-state index contributed by atoms with van der Waals surface area (Å²) in [4.78, 5) is 35.9. The molecule has 2 amide bonds. The maximum absolute atomic E-state index is 12.4. The van der Waals surface area contributed by atoms with Gasteiger partial charge in [0.2, 0.25) is 0 Å². The number of ether oxygens (including phenoxy) is 3. The van der Waals surface area contributed by atoms with E-state index in [-0.39, 0.29) is 16.9 Å². The van der Waals surface area contributed by atoms with Crippen LogP contribution in [-0.2, 0) is 9.53 Å². The monoisotopic (exact) mass is 378 g/mol. The lowest BCUT2D eigenvalue weighted by Crippen LogP contribution is -2.30. The molecule has 0 radical (unpaired) electrons. The minimum Gasteiger partial charge on any atom is -0.493 e. The first-order valence-electron chi connectivity index (χ1n) is 7.49. The van der Waals surface area contributed by atoms with Gasteiger partial charge in [0.1, 0.15) is 10.6 Å².